The Morgan fingerprint density at radius 2 is 1.54 bits per heavy atom. The van der Waals surface area contributed by atoms with Crippen molar-refractivity contribution < 1.29 is 14.3 Å². The topological polar surface area (TPSA) is 90.9 Å². The van der Waals surface area contributed by atoms with Gasteiger partial charge < -0.3 is 4.74 Å². The number of carbonyl (C=O) groups excluding carboxylic acids is 2. The third kappa shape index (κ3) is 1.79. The van der Waals surface area contributed by atoms with Crippen molar-refractivity contribution in [3.8, 4) is 17.9 Å². The number of ether oxygens (including phenoxy) is 1. The summed E-state index contributed by atoms with van der Waals surface area (Å²) in [6, 6.07) is 10.9. The van der Waals surface area contributed by atoms with Gasteiger partial charge in [-0.05, 0) is 23.1 Å². The summed E-state index contributed by atoms with van der Waals surface area (Å²) in [7, 11) is 1.54. The van der Waals surface area contributed by atoms with E-state index >= 15 is 0 Å². The highest BCUT2D eigenvalue weighted by Crippen LogP contribution is 2.77. The minimum Gasteiger partial charge on any atom is -0.497 e. The van der Waals surface area contributed by atoms with Crippen molar-refractivity contribution in [2.24, 2.45) is 16.2 Å². The van der Waals surface area contributed by atoms with Crippen LogP contribution in [0.4, 0.5) is 0 Å². The number of nitriles is 2. The van der Waals surface area contributed by atoms with Crippen LogP contribution in [0.1, 0.15) is 38.2 Å². The molecule has 1 atom stereocenters. The molecule has 5 heteroatoms. The second kappa shape index (κ2) is 4.92. The number of nitrogens with zero attached hydrogens (tertiary/aromatic N) is 2. The highest BCUT2D eigenvalue weighted by atomic mass is 16.5. The summed E-state index contributed by atoms with van der Waals surface area (Å²) in [6.45, 7) is 3.72. The molecule has 5 nitrogen and oxygen atoms in total. The quantitative estimate of drug-likeness (QED) is 0.781. The molecule has 2 fully saturated rings. The molecule has 0 aliphatic heterocycles. The molecule has 0 amide bonds. The molecule has 0 aromatic heterocycles. The highest BCUT2D eigenvalue weighted by Gasteiger charge is 2.86. The average molecular weight is 322 g/mol. The van der Waals surface area contributed by atoms with Gasteiger partial charge in [-0.15, -0.1) is 0 Å². The van der Waals surface area contributed by atoms with Crippen molar-refractivity contribution in [2.45, 2.75) is 32.6 Å². The normalized spacial score (nSPS) is 25.6. The second-order valence-electron chi connectivity index (χ2n) is 7.41. The third-order valence-electron chi connectivity index (χ3n) is 5.36. The van der Waals surface area contributed by atoms with Crippen molar-refractivity contribution in [3.05, 3.63) is 29.8 Å². The number of Topliss-reactive ketones (excluding diaryl/α,β-unsaturated/α-hetero) is 2. The van der Waals surface area contributed by atoms with Gasteiger partial charge in [0.1, 0.15) is 22.7 Å². The van der Waals surface area contributed by atoms with Crippen LogP contribution in [0.25, 0.3) is 0 Å². The van der Waals surface area contributed by atoms with Crippen molar-refractivity contribution in [2.75, 3.05) is 7.11 Å². The number of benzene rings is 1. The fraction of sp³-hybridized carbons (Fsp3) is 0.474. The number of ketones is 2. The van der Waals surface area contributed by atoms with Gasteiger partial charge >= 0.3 is 0 Å². The summed E-state index contributed by atoms with van der Waals surface area (Å²) in [5, 5.41) is 19.3. The Kier molecular flexibility index (Phi) is 3.32. The minimum absolute atomic E-state index is 0.205. The first-order valence-electron chi connectivity index (χ1n) is 7.82. The van der Waals surface area contributed by atoms with Crippen LogP contribution in [0, 0.1) is 38.9 Å². The summed E-state index contributed by atoms with van der Waals surface area (Å²) in [5.41, 5.74) is -2.89. The Hall–Kier alpha value is -2.66. The number of hydrogen-bond acceptors (Lipinski definition) is 5. The molecule has 0 bridgehead atoms. The zero-order valence-corrected chi connectivity index (χ0v) is 13.9. The standard InChI is InChI=1S/C19H18N2O3/c1-17(2)8-14(22)19(15(23)9-17)16(18(19,10-20)11-21)12-4-6-13(24-3)7-5-12/h4-7,16H,8-9H2,1-3H3. The molecular weight excluding hydrogens is 304 g/mol. The molecule has 122 valence electrons. The molecule has 1 aromatic rings. The molecule has 2 aliphatic rings. The molecule has 1 aromatic carbocycles. The maximum Gasteiger partial charge on any atom is 0.172 e. The number of hydrogen-bond donors (Lipinski definition) is 0. The molecule has 3 rings (SSSR count). The minimum atomic E-state index is -1.60. The van der Waals surface area contributed by atoms with Gasteiger partial charge in [0.15, 0.2) is 5.41 Å². The molecule has 1 spiro atoms. The van der Waals surface area contributed by atoms with E-state index in [-0.39, 0.29) is 24.4 Å². The van der Waals surface area contributed by atoms with Gasteiger partial charge in [0, 0.05) is 18.8 Å². The number of methoxy groups -OCH3 is 1. The van der Waals surface area contributed by atoms with E-state index in [1.165, 1.54) is 0 Å². The van der Waals surface area contributed by atoms with E-state index in [4.69, 9.17) is 4.74 Å². The molecule has 1 unspecified atom stereocenters. The lowest BCUT2D eigenvalue weighted by molar-refractivity contribution is -0.142. The molecule has 2 aliphatic carbocycles. The van der Waals surface area contributed by atoms with E-state index in [1.54, 1.807) is 31.4 Å². The van der Waals surface area contributed by atoms with Crippen LogP contribution >= 0.6 is 0 Å². The fourth-order valence-corrected chi connectivity index (χ4v) is 4.23. The molecular formula is C19H18N2O3. The maximum atomic E-state index is 12.9. The van der Waals surface area contributed by atoms with Gasteiger partial charge in [-0.3, -0.25) is 9.59 Å². The van der Waals surface area contributed by atoms with E-state index in [0.29, 0.717) is 11.3 Å². The van der Waals surface area contributed by atoms with Crippen LogP contribution in [0.2, 0.25) is 0 Å². The SMILES string of the molecule is COc1ccc(C2C(C#N)(C#N)C23C(=O)CC(C)(C)CC3=O)cc1. The Bertz CT molecular complexity index is 774. The summed E-state index contributed by atoms with van der Waals surface area (Å²) in [4.78, 5) is 25.8. The fourth-order valence-electron chi connectivity index (χ4n) is 4.23. The molecule has 0 N–H and O–H groups in total. The summed E-state index contributed by atoms with van der Waals surface area (Å²) < 4.78 is 5.12. The van der Waals surface area contributed by atoms with Gasteiger partial charge in [-0.2, -0.15) is 10.5 Å². The van der Waals surface area contributed by atoms with Gasteiger partial charge in [-0.1, -0.05) is 26.0 Å². The zero-order valence-electron chi connectivity index (χ0n) is 13.9. The lowest BCUT2D eigenvalue weighted by Gasteiger charge is -2.33. The predicted molar refractivity (Wildman–Crippen MR) is 84.9 cm³/mol. The van der Waals surface area contributed by atoms with Crippen LogP contribution in [-0.4, -0.2) is 18.7 Å². The van der Waals surface area contributed by atoms with Crippen molar-refractivity contribution >= 4 is 11.6 Å². The Labute approximate surface area is 140 Å². The smallest absolute Gasteiger partial charge is 0.172 e. The van der Waals surface area contributed by atoms with Gasteiger partial charge in [0.05, 0.1) is 19.2 Å². The van der Waals surface area contributed by atoms with Gasteiger partial charge in [0.2, 0.25) is 0 Å². The molecule has 0 heterocycles. The first-order chi connectivity index (χ1) is 11.3. The Morgan fingerprint density at radius 3 is 1.96 bits per heavy atom. The first-order valence-corrected chi connectivity index (χ1v) is 7.82. The molecule has 0 saturated heterocycles. The largest absolute Gasteiger partial charge is 0.497 e. The highest BCUT2D eigenvalue weighted by molar-refractivity contribution is 6.16. The van der Waals surface area contributed by atoms with Crippen molar-refractivity contribution in [1.82, 2.24) is 0 Å². The van der Waals surface area contributed by atoms with Crippen LogP contribution in [0.15, 0.2) is 24.3 Å². The van der Waals surface area contributed by atoms with Crippen molar-refractivity contribution in [3.63, 3.8) is 0 Å². The van der Waals surface area contributed by atoms with Gasteiger partial charge in [0.25, 0.3) is 0 Å². The van der Waals surface area contributed by atoms with Crippen LogP contribution in [0.5, 0.6) is 5.75 Å². The average Bonchev–Trinajstić information content (AvgIpc) is 3.17. The summed E-state index contributed by atoms with van der Waals surface area (Å²) in [5.74, 6) is -0.641. The second-order valence-corrected chi connectivity index (χ2v) is 7.41. The predicted octanol–water partition coefficient (Wildman–Crippen LogP) is 2.77. The molecule has 24 heavy (non-hydrogen) atoms. The first kappa shape index (κ1) is 16.2. The Morgan fingerprint density at radius 1 is 1.04 bits per heavy atom. The van der Waals surface area contributed by atoms with Crippen LogP contribution in [0.3, 0.4) is 0 Å². The van der Waals surface area contributed by atoms with E-state index in [2.05, 4.69) is 0 Å². The maximum absolute atomic E-state index is 12.9. The van der Waals surface area contributed by atoms with Crippen LogP contribution < -0.4 is 4.74 Å². The monoisotopic (exact) mass is 322 g/mol. The lowest BCUT2D eigenvalue weighted by Crippen LogP contribution is -2.42. The number of carbonyl (C=O) groups is 2. The van der Waals surface area contributed by atoms with Gasteiger partial charge in [-0.25, -0.2) is 0 Å². The Balaban J connectivity index is 2.13. The molecule has 2 saturated carbocycles. The van der Waals surface area contributed by atoms with E-state index in [0.717, 1.165) is 0 Å². The van der Waals surface area contributed by atoms with E-state index in [1.807, 2.05) is 26.0 Å². The molecule has 0 radical (unpaired) electrons. The zero-order chi connectivity index (χ0) is 17.8. The van der Waals surface area contributed by atoms with E-state index < -0.39 is 22.2 Å². The van der Waals surface area contributed by atoms with Crippen LogP contribution in [-0.2, 0) is 9.59 Å². The third-order valence-corrected chi connectivity index (χ3v) is 5.36. The number of rotatable bonds is 2. The summed E-state index contributed by atoms with van der Waals surface area (Å²) in [6.07, 6.45) is 0.410. The lowest BCUT2D eigenvalue weighted by atomic mass is 9.67. The van der Waals surface area contributed by atoms with Crippen molar-refractivity contribution in [1.29, 1.82) is 10.5 Å². The summed E-state index contributed by atoms with van der Waals surface area (Å²) >= 11 is 0. The van der Waals surface area contributed by atoms with E-state index in [9.17, 15) is 20.1 Å².